The fourth-order valence-electron chi connectivity index (χ4n) is 4.90. The summed E-state index contributed by atoms with van der Waals surface area (Å²) in [5, 5.41) is 12.5. The Labute approximate surface area is 220 Å². The van der Waals surface area contributed by atoms with Crippen LogP contribution in [0.2, 0.25) is 0 Å². The van der Waals surface area contributed by atoms with Crippen molar-refractivity contribution in [1.82, 2.24) is 0 Å². The minimum absolute atomic E-state index is 0.102. The Kier molecular flexibility index (Phi) is 6.71. The van der Waals surface area contributed by atoms with Gasteiger partial charge in [0, 0.05) is 4.70 Å². The molecule has 3 nitrogen and oxygen atoms in total. The van der Waals surface area contributed by atoms with Gasteiger partial charge in [0.2, 0.25) is 0 Å². The first kappa shape index (κ1) is 24.7. The zero-order chi connectivity index (χ0) is 25.3. The molecule has 184 valence electrons. The van der Waals surface area contributed by atoms with E-state index in [1.165, 1.54) is 33.0 Å². The van der Waals surface area contributed by atoms with Crippen molar-refractivity contribution in [2.75, 3.05) is 0 Å². The highest BCUT2D eigenvalue weighted by molar-refractivity contribution is 8.05. The molecule has 3 aromatic carbocycles. The van der Waals surface area contributed by atoms with Crippen molar-refractivity contribution in [1.29, 1.82) is 0 Å². The van der Waals surface area contributed by atoms with E-state index in [0.717, 1.165) is 16.2 Å². The fraction of sp³-hybridized carbons (Fsp3) is 0.258. The molecular formula is C31H30O3S2. The van der Waals surface area contributed by atoms with Crippen LogP contribution in [0.25, 0.3) is 10.1 Å². The lowest BCUT2D eigenvalue weighted by Crippen LogP contribution is -2.38. The summed E-state index contributed by atoms with van der Waals surface area (Å²) in [6, 6.07) is 28.3. The summed E-state index contributed by atoms with van der Waals surface area (Å²) < 4.78 is 8.47. The Bertz CT molecular complexity index is 1410. The predicted molar refractivity (Wildman–Crippen MR) is 150 cm³/mol. The largest absolute Gasteiger partial charge is 0.511 e. The van der Waals surface area contributed by atoms with Crippen LogP contribution in [0.3, 0.4) is 0 Å². The minimum Gasteiger partial charge on any atom is -0.511 e. The second-order valence-corrected chi connectivity index (χ2v) is 12.6. The van der Waals surface area contributed by atoms with Gasteiger partial charge in [-0.15, -0.1) is 11.3 Å². The van der Waals surface area contributed by atoms with Crippen LogP contribution in [0.5, 0.6) is 0 Å². The van der Waals surface area contributed by atoms with Crippen molar-refractivity contribution in [3.8, 4) is 0 Å². The van der Waals surface area contributed by atoms with Gasteiger partial charge < -0.3 is 9.84 Å². The average Bonchev–Trinajstić information content (AvgIpc) is 3.25. The number of cyclic esters (lactones) is 1. The first-order chi connectivity index (χ1) is 17.3. The third-order valence-corrected chi connectivity index (χ3v) is 9.12. The Balaban J connectivity index is 1.51. The van der Waals surface area contributed by atoms with Crippen molar-refractivity contribution in [2.24, 2.45) is 0 Å². The second kappa shape index (κ2) is 9.79. The summed E-state index contributed by atoms with van der Waals surface area (Å²) in [7, 11) is 0. The van der Waals surface area contributed by atoms with Crippen LogP contribution in [-0.4, -0.2) is 11.1 Å². The lowest BCUT2D eigenvalue weighted by atomic mass is 9.82. The smallest absolute Gasteiger partial charge is 0.349 e. The number of fused-ring (bicyclic) bond motifs is 1. The number of carbonyl (C=O) groups excluding carboxylic acids is 1. The highest BCUT2D eigenvalue weighted by atomic mass is 32.2. The maximum Gasteiger partial charge on any atom is 0.349 e. The summed E-state index contributed by atoms with van der Waals surface area (Å²) in [6.07, 6.45) is 1.59. The number of aliphatic hydroxyl groups excluding tert-OH is 1. The van der Waals surface area contributed by atoms with Crippen LogP contribution in [0.1, 0.15) is 50.3 Å². The van der Waals surface area contributed by atoms with Crippen LogP contribution in [0, 0.1) is 0 Å². The molecule has 1 atom stereocenters. The number of benzene rings is 3. The van der Waals surface area contributed by atoms with Gasteiger partial charge in [-0.2, -0.15) is 0 Å². The molecule has 1 aliphatic heterocycles. The highest BCUT2D eigenvalue weighted by Crippen LogP contribution is 2.50. The standard InChI is InChI=1S/C31H30O3S2/c1-30(2,3)26-23-16-10-11-17-25(23)35-29(26)36-27-24(32)20-31(34-28(27)33,22-14-8-5-9-15-22)19-18-21-12-6-4-7-13-21/h4-17,32H,18-20H2,1-3H3. The van der Waals surface area contributed by atoms with Gasteiger partial charge in [-0.3, -0.25) is 0 Å². The Hall–Kier alpha value is -3.02. The third kappa shape index (κ3) is 4.82. The Morgan fingerprint density at radius 2 is 1.58 bits per heavy atom. The van der Waals surface area contributed by atoms with Crippen molar-refractivity contribution >= 4 is 39.2 Å². The summed E-state index contributed by atoms with van der Waals surface area (Å²) in [4.78, 5) is 13.8. The number of thiophene rings is 1. The molecule has 1 aromatic heterocycles. The first-order valence-corrected chi connectivity index (χ1v) is 13.8. The number of aryl methyl sites for hydroxylation is 1. The SMILES string of the molecule is CC(C)(C)c1c(SC2=C(O)CC(CCc3ccccc3)(c3ccccc3)OC2=O)sc2ccccc12. The minimum atomic E-state index is -0.907. The van der Waals surface area contributed by atoms with Gasteiger partial charge in [-0.25, -0.2) is 4.79 Å². The first-order valence-electron chi connectivity index (χ1n) is 12.2. The summed E-state index contributed by atoms with van der Waals surface area (Å²) in [5.41, 5.74) is 2.26. The molecule has 0 radical (unpaired) electrons. The molecule has 0 saturated carbocycles. The monoisotopic (exact) mass is 514 g/mol. The molecule has 36 heavy (non-hydrogen) atoms. The van der Waals surface area contributed by atoms with Crippen LogP contribution < -0.4 is 0 Å². The topological polar surface area (TPSA) is 46.5 Å². The number of thioether (sulfide) groups is 1. The summed E-state index contributed by atoms with van der Waals surface area (Å²) >= 11 is 3.01. The molecule has 1 aliphatic rings. The molecular weight excluding hydrogens is 484 g/mol. The fourth-order valence-corrected chi connectivity index (χ4v) is 7.75. The molecule has 0 aliphatic carbocycles. The summed E-state index contributed by atoms with van der Waals surface area (Å²) in [6.45, 7) is 6.55. The number of ether oxygens (including phenoxy) is 1. The molecule has 2 heterocycles. The third-order valence-electron chi connectivity index (χ3n) is 6.66. The van der Waals surface area contributed by atoms with Crippen LogP contribution in [0.4, 0.5) is 0 Å². The van der Waals surface area contributed by atoms with Crippen LogP contribution in [0.15, 0.2) is 99.8 Å². The van der Waals surface area contributed by atoms with Crippen molar-refractivity contribution in [3.05, 3.63) is 112 Å². The number of hydrogen-bond donors (Lipinski definition) is 1. The van der Waals surface area contributed by atoms with E-state index in [0.29, 0.717) is 11.3 Å². The van der Waals surface area contributed by atoms with Gasteiger partial charge in [0.25, 0.3) is 0 Å². The lowest BCUT2D eigenvalue weighted by Gasteiger charge is -2.37. The number of hydrogen-bond acceptors (Lipinski definition) is 5. The molecule has 1 unspecified atom stereocenters. The van der Waals surface area contributed by atoms with Gasteiger partial charge in [0.1, 0.15) is 16.3 Å². The van der Waals surface area contributed by atoms with E-state index in [9.17, 15) is 9.90 Å². The molecule has 1 N–H and O–H groups in total. The van der Waals surface area contributed by atoms with E-state index in [1.807, 2.05) is 60.7 Å². The molecule has 5 rings (SSSR count). The Morgan fingerprint density at radius 3 is 2.25 bits per heavy atom. The van der Waals surface area contributed by atoms with Crippen LogP contribution in [-0.2, 0) is 27.0 Å². The van der Waals surface area contributed by atoms with Gasteiger partial charge in [0.05, 0.1) is 10.6 Å². The van der Waals surface area contributed by atoms with Gasteiger partial charge in [-0.1, -0.05) is 111 Å². The summed E-state index contributed by atoms with van der Waals surface area (Å²) in [5.74, 6) is -0.358. The number of aliphatic hydroxyl groups is 1. The van der Waals surface area contributed by atoms with E-state index < -0.39 is 11.6 Å². The molecule has 0 fully saturated rings. The predicted octanol–water partition coefficient (Wildman–Crippen LogP) is 8.54. The molecule has 5 heteroatoms. The van der Waals surface area contributed by atoms with E-state index in [2.05, 4.69) is 45.0 Å². The van der Waals surface area contributed by atoms with E-state index in [-0.39, 0.29) is 17.6 Å². The average molecular weight is 515 g/mol. The number of esters is 1. The maximum atomic E-state index is 13.5. The second-order valence-electron chi connectivity index (χ2n) is 10.3. The molecule has 0 saturated heterocycles. The van der Waals surface area contributed by atoms with Crippen molar-refractivity contribution in [3.63, 3.8) is 0 Å². The van der Waals surface area contributed by atoms with Crippen molar-refractivity contribution < 1.29 is 14.6 Å². The maximum absolute atomic E-state index is 13.5. The van der Waals surface area contributed by atoms with Crippen LogP contribution >= 0.6 is 23.1 Å². The molecule has 0 spiro atoms. The quantitative estimate of drug-likeness (QED) is 0.262. The zero-order valence-electron chi connectivity index (χ0n) is 20.8. The van der Waals surface area contributed by atoms with Crippen molar-refractivity contribution in [2.45, 2.75) is 55.3 Å². The van der Waals surface area contributed by atoms with E-state index >= 15 is 0 Å². The lowest BCUT2D eigenvalue weighted by molar-refractivity contribution is -0.160. The number of rotatable bonds is 6. The van der Waals surface area contributed by atoms with Gasteiger partial charge in [0.15, 0.2) is 0 Å². The Morgan fingerprint density at radius 1 is 0.944 bits per heavy atom. The highest BCUT2D eigenvalue weighted by Gasteiger charge is 2.44. The molecule has 4 aromatic rings. The van der Waals surface area contributed by atoms with Gasteiger partial charge in [-0.05, 0) is 46.4 Å². The number of carbonyl (C=O) groups is 1. The molecule has 0 amide bonds. The van der Waals surface area contributed by atoms with Gasteiger partial charge >= 0.3 is 5.97 Å². The van der Waals surface area contributed by atoms with E-state index in [1.54, 1.807) is 11.3 Å². The van der Waals surface area contributed by atoms with E-state index in [4.69, 9.17) is 4.74 Å². The zero-order valence-corrected chi connectivity index (χ0v) is 22.4. The molecule has 0 bridgehead atoms. The normalized spacial score (nSPS) is 18.5.